The van der Waals surface area contributed by atoms with Gasteiger partial charge in [0.15, 0.2) is 5.96 Å². The van der Waals surface area contributed by atoms with E-state index < -0.39 is 0 Å². The molecule has 1 unspecified atom stereocenters. The molecule has 136 valence electrons. The third-order valence-electron chi connectivity index (χ3n) is 5.41. The van der Waals surface area contributed by atoms with Crippen LogP contribution in [-0.2, 0) is 9.53 Å². The van der Waals surface area contributed by atoms with Crippen LogP contribution >= 0.6 is 0 Å². The van der Waals surface area contributed by atoms with Crippen molar-refractivity contribution in [3.05, 3.63) is 0 Å². The van der Waals surface area contributed by atoms with Crippen LogP contribution in [0.5, 0.6) is 0 Å². The Labute approximate surface area is 145 Å². The summed E-state index contributed by atoms with van der Waals surface area (Å²) in [4.78, 5) is 19.3. The second-order valence-electron chi connectivity index (χ2n) is 7.89. The molecule has 0 radical (unpaired) electrons. The molecule has 2 N–H and O–H groups in total. The minimum Gasteiger partial charge on any atom is -0.380 e. The van der Waals surface area contributed by atoms with Crippen molar-refractivity contribution in [1.82, 2.24) is 15.5 Å². The number of amides is 1. The highest BCUT2D eigenvalue weighted by atomic mass is 16.5. The summed E-state index contributed by atoms with van der Waals surface area (Å²) in [6.45, 7) is 9.18. The van der Waals surface area contributed by atoms with E-state index in [0.717, 1.165) is 64.6 Å². The first-order valence-electron chi connectivity index (χ1n) is 9.51. The normalized spacial score (nSPS) is 27.2. The maximum absolute atomic E-state index is 12.5. The van der Waals surface area contributed by atoms with Gasteiger partial charge in [0.05, 0.1) is 19.8 Å². The van der Waals surface area contributed by atoms with Crippen LogP contribution in [0.2, 0.25) is 0 Å². The number of ether oxygens (including phenoxy) is 1. The van der Waals surface area contributed by atoms with Gasteiger partial charge in [-0.25, -0.2) is 0 Å². The van der Waals surface area contributed by atoms with Crippen molar-refractivity contribution in [3.63, 3.8) is 0 Å². The number of hydrogen-bond acceptors (Lipinski definition) is 3. The zero-order valence-electron chi connectivity index (χ0n) is 15.1. The molecule has 1 amide bonds. The highest BCUT2D eigenvalue weighted by molar-refractivity contribution is 5.81. The molecule has 0 aromatic heterocycles. The topological polar surface area (TPSA) is 66.0 Å². The number of carbonyl (C=O) groups excluding carboxylic acids is 1. The van der Waals surface area contributed by atoms with E-state index in [9.17, 15) is 4.79 Å². The molecular weight excluding hydrogens is 304 g/mol. The molecule has 2 aliphatic heterocycles. The minimum absolute atomic E-state index is 0.183. The van der Waals surface area contributed by atoms with E-state index in [1.165, 1.54) is 12.8 Å². The van der Waals surface area contributed by atoms with Crippen molar-refractivity contribution >= 4 is 11.9 Å². The summed E-state index contributed by atoms with van der Waals surface area (Å²) in [5.74, 6) is 1.52. The van der Waals surface area contributed by atoms with E-state index in [4.69, 9.17) is 9.73 Å². The number of nitrogens with zero attached hydrogens (tertiary/aromatic N) is 2. The van der Waals surface area contributed by atoms with E-state index in [1.807, 2.05) is 0 Å². The van der Waals surface area contributed by atoms with E-state index in [2.05, 4.69) is 29.4 Å². The quantitative estimate of drug-likeness (QED) is 0.588. The van der Waals surface area contributed by atoms with Crippen LogP contribution in [0.4, 0.5) is 0 Å². The first-order chi connectivity index (χ1) is 11.6. The fourth-order valence-electron chi connectivity index (χ4n) is 3.83. The summed E-state index contributed by atoms with van der Waals surface area (Å²) >= 11 is 0. The number of likely N-dealkylation sites (tertiary alicyclic amines) is 1. The molecule has 6 nitrogen and oxygen atoms in total. The first kappa shape index (κ1) is 17.5. The van der Waals surface area contributed by atoms with E-state index >= 15 is 0 Å². The molecule has 0 spiro atoms. The molecule has 1 saturated carbocycles. The zero-order valence-corrected chi connectivity index (χ0v) is 15.1. The van der Waals surface area contributed by atoms with E-state index in [1.54, 1.807) is 0 Å². The Balaban J connectivity index is 1.50. The van der Waals surface area contributed by atoms with Crippen LogP contribution in [0, 0.1) is 11.3 Å². The lowest BCUT2D eigenvalue weighted by Crippen LogP contribution is -2.47. The van der Waals surface area contributed by atoms with Crippen molar-refractivity contribution < 1.29 is 9.53 Å². The Bertz CT molecular complexity index is 470. The molecule has 1 atom stereocenters. The van der Waals surface area contributed by atoms with Gasteiger partial charge in [-0.05, 0) is 26.2 Å². The highest BCUT2D eigenvalue weighted by Gasteiger charge is 2.34. The average molecular weight is 336 g/mol. The summed E-state index contributed by atoms with van der Waals surface area (Å²) in [6, 6.07) is 0.304. The number of carbonyl (C=O) groups is 1. The minimum atomic E-state index is 0.183. The predicted octanol–water partition coefficient (Wildman–Crippen LogP) is 1.37. The third-order valence-corrected chi connectivity index (χ3v) is 5.41. The van der Waals surface area contributed by atoms with Gasteiger partial charge >= 0.3 is 0 Å². The lowest BCUT2D eigenvalue weighted by molar-refractivity contribution is -0.134. The van der Waals surface area contributed by atoms with Crippen LogP contribution in [0.25, 0.3) is 0 Å². The number of rotatable bonds is 5. The van der Waals surface area contributed by atoms with Gasteiger partial charge in [-0.2, -0.15) is 0 Å². The van der Waals surface area contributed by atoms with Crippen molar-refractivity contribution in [1.29, 1.82) is 0 Å². The van der Waals surface area contributed by atoms with Gasteiger partial charge in [-0.1, -0.05) is 19.8 Å². The van der Waals surface area contributed by atoms with Gasteiger partial charge in [-0.15, -0.1) is 0 Å². The monoisotopic (exact) mass is 336 g/mol. The molecule has 3 aliphatic rings. The highest BCUT2D eigenvalue weighted by Crippen LogP contribution is 2.28. The second kappa shape index (κ2) is 7.72. The van der Waals surface area contributed by atoms with E-state index in [0.29, 0.717) is 11.9 Å². The van der Waals surface area contributed by atoms with Gasteiger partial charge in [0.1, 0.15) is 0 Å². The summed E-state index contributed by atoms with van der Waals surface area (Å²) < 4.78 is 5.30. The Morgan fingerprint density at radius 1 is 1.29 bits per heavy atom. The van der Waals surface area contributed by atoms with Crippen molar-refractivity contribution in [2.75, 3.05) is 39.4 Å². The van der Waals surface area contributed by atoms with Gasteiger partial charge in [-0.3, -0.25) is 9.79 Å². The molecule has 1 aliphatic carbocycles. The van der Waals surface area contributed by atoms with Crippen LogP contribution in [-0.4, -0.2) is 62.2 Å². The fraction of sp³-hybridized carbons (Fsp3) is 0.889. The SMILES string of the molecule is CCNC(=NCC1(C)COC1)NC1CCN(C(=O)C2CCCC2)C1. The third kappa shape index (κ3) is 4.21. The molecule has 0 bridgehead atoms. The molecule has 6 heteroatoms. The molecule has 0 aromatic rings. The number of guanidine groups is 1. The maximum atomic E-state index is 12.5. The maximum Gasteiger partial charge on any atom is 0.225 e. The van der Waals surface area contributed by atoms with Gasteiger partial charge in [0.25, 0.3) is 0 Å². The molecule has 3 fully saturated rings. The number of hydrogen-bond donors (Lipinski definition) is 2. The zero-order chi connectivity index (χ0) is 17.0. The largest absolute Gasteiger partial charge is 0.380 e. The van der Waals surface area contributed by atoms with Gasteiger partial charge in [0, 0.05) is 37.0 Å². The number of nitrogens with one attached hydrogen (secondary N) is 2. The van der Waals surface area contributed by atoms with Crippen LogP contribution in [0.15, 0.2) is 4.99 Å². The summed E-state index contributed by atoms with van der Waals surface area (Å²) in [6.07, 6.45) is 5.59. The smallest absolute Gasteiger partial charge is 0.225 e. The van der Waals surface area contributed by atoms with Crippen molar-refractivity contribution in [3.8, 4) is 0 Å². The Kier molecular flexibility index (Phi) is 5.64. The Morgan fingerprint density at radius 2 is 2.04 bits per heavy atom. The van der Waals surface area contributed by atoms with E-state index in [-0.39, 0.29) is 11.3 Å². The lowest BCUT2D eigenvalue weighted by atomic mass is 9.89. The molecule has 3 rings (SSSR count). The van der Waals surface area contributed by atoms with Gasteiger partial charge in [0.2, 0.25) is 5.91 Å². The molecule has 24 heavy (non-hydrogen) atoms. The van der Waals surface area contributed by atoms with Crippen molar-refractivity contribution in [2.45, 2.75) is 52.0 Å². The lowest BCUT2D eigenvalue weighted by Gasteiger charge is -2.36. The van der Waals surface area contributed by atoms with Crippen LogP contribution in [0.3, 0.4) is 0 Å². The van der Waals surface area contributed by atoms with Gasteiger partial charge < -0.3 is 20.3 Å². The summed E-state index contributed by atoms with van der Waals surface area (Å²) in [7, 11) is 0. The van der Waals surface area contributed by atoms with Crippen LogP contribution in [0.1, 0.15) is 46.0 Å². The molecule has 2 heterocycles. The molecular formula is C18H32N4O2. The van der Waals surface area contributed by atoms with Crippen molar-refractivity contribution in [2.24, 2.45) is 16.3 Å². The molecule has 2 saturated heterocycles. The Hall–Kier alpha value is -1.30. The molecule has 0 aromatic carbocycles. The number of aliphatic imine (C=N–C) groups is 1. The average Bonchev–Trinajstić information content (AvgIpc) is 3.22. The predicted molar refractivity (Wildman–Crippen MR) is 95.0 cm³/mol. The Morgan fingerprint density at radius 3 is 2.67 bits per heavy atom. The summed E-state index contributed by atoms with van der Waals surface area (Å²) in [5, 5.41) is 6.84. The van der Waals surface area contributed by atoms with Crippen LogP contribution < -0.4 is 10.6 Å². The fourth-order valence-corrected chi connectivity index (χ4v) is 3.83. The first-order valence-corrected chi connectivity index (χ1v) is 9.51. The standard InChI is InChI=1S/C18H32N4O2/c1-3-19-17(20-11-18(2)12-24-13-18)21-15-8-9-22(10-15)16(23)14-6-4-5-7-14/h14-15H,3-13H2,1-2H3,(H2,19,20,21). The second-order valence-corrected chi connectivity index (χ2v) is 7.89. The summed E-state index contributed by atoms with van der Waals surface area (Å²) in [5.41, 5.74) is 0.183.